The standard InChI is InChI=1S/C36H72O4/c1-3-5-7-9-11-12-13-14-15-16-17-18-19-24-28-32-36(39)40-33-29-25-21-20-23-27-31-35(38)34(37)30-26-22-10-8-6-4-2/h34-35,37-38H,3-33H2,1-2H3. The highest BCUT2D eigenvalue weighted by Crippen LogP contribution is 2.16. The van der Waals surface area contributed by atoms with Crippen molar-refractivity contribution >= 4 is 5.97 Å². The molecular weight excluding hydrogens is 496 g/mol. The quantitative estimate of drug-likeness (QED) is 0.0610. The van der Waals surface area contributed by atoms with Crippen molar-refractivity contribution < 1.29 is 19.7 Å². The molecule has 0 rings (SSSR count). The van der Waals surface area contributed by atoms with Crippen LogP contribution in [0, 0.1) is 0 Å². The summed E-state index contributed by atoms with van der Waals surface area (Å²) < 4.78 is 5.41. The SMILES string of the molecule is CCCCCCCCCCCCCCCCCC(=O)OCCCCCCCCC(O)C(O)CCCCCCCC. The second kappa shape index (κ2) is 32.9. The number of aliphatic hydroxyl groups is 2. The van der Waals surface area contributed by atoms with Crippen LogP contribution < -0.4 is 0 Å². The Labute approximate surface area is 250 Å². The van der Waals surface area contributed by atoms with E-state index in [4.69, 9.17) is 4.74 Å². The predicted molar refractivity (Wildman–Crippen MR) is 173 cm³/mol. The van der Waals surface area contributed by atoms with Gasteiger partial charge >= 0.3 is 5.97 Å². The van der Waals surface area contributed by atoms with E-state index in [2.05, 4.69) is 13.8 Å². The Balaban J connectivity index is 3.30. The highest BCUT2D eigenvalue weighted by Gasteiger charge is 2.15. The maximum atomic E-state index is 11.9. The third kappa shape index (κ3) is 30.4. The molecule has 0 heterocycles. The third-order valence-corrected chi connectivity index (χ3v) is 8.44. The minimum absolute atomic E-state index is 0.0248. The highest BCUT2D eigenvalue weighted by atomic mass is 16.5. The van der Waals surface area contributed by atoms with Gasteiger partial charge in [-0.15, -0.1) is 0 Å². The van der Waals surface area contributed by atoms with Gasteiger partial charge in [-0.3, -0.25) is 4.79 Å². The van der Waals surface area contributed by atoms with Gasteiger partial charge in [0.2, 0.25) is 0 Å². The summed E-state index contributed by atoms with van der Waals surface area (Å²) in [6.07, 6.45) is 34.7. The topological polar surface area (TPSA) is 66.8 Å². The van der Waals surface area contributed by atoms with Gasteiger partial charge in [0.15, 0.2) is 0 Å². The molecule has 0 aliphatic heterocycles. The summed E-state index contributed by atoms with van der Waals surface area (Å²) in [7, 11) is 0. The van der Waals surface area contributed by atoms with Crippen LogP contribution in [0.2, 0.25) is 0 Å². The van der Waals surface area contributed by atoms with Gasteiger partial charge in [0.25, 0.3) is 0 Å². The molecule has 4 nitrogen and oxygen atoms in total. The lowest BCUT2D eigenvalue weighted by molar-refractivity contribution is -0.143. The number of hydrogen-bond acceptors (Lipinski definition) is 4. The maximum Gasteiger partial charge on any atom is 0.305 e. The molecule has 0 aliphatic carbocycles. The highest BCUT2D eigenvalue weighted by molar-refractivity contribution is 5.69. The van der Waals surface area contributed by atoms with Gasteiger partial charge < -0.3 is 14.9 Å². The Bertz CT molecular complexity index is 495. The maximum absolute atomic E-state index is 11.9. The van der Waals surface area contributed by atoms with Crippen molar-refractivity contribution in [2.45, 2.75) is 219 Å². The fourth-order valence-electron chi connectivity index (χ4n) is 5.58. The second-order valence-corrected chi connectivity index (χ2v) is 12.5. The van der Waals surface area contributed by atoms with Crippen molar-refractivity contribution in [1.29, 1.82) is 0 Å². The molecule has 40 heavy (non-hydrogen) atoms. The molecule has 0 aromatic heterocycles. The lowest BCUT2D eigenvalue weighted by atomic mass is 9.99. The molecule has 2 N–H and O–H groups in total. The Morgan fingerprint density at radius 3 is 1.12 bits per heavy atom. The van der Waals surface area contributed by atoms with E-state index in [1.54, 1.807) is 0 Å². The predicted octanol–water partition coefficient (Wildman–Crippen LogP) is 11.0. The van der Waals surface area contributed by atoms with Crippen molar-refractivity contribution in [2.24, 2.45) is 0 Å². The first kappa shape index (κ1) is 39.4. The van der Waals surface area contributed by atoms with E-state index in [1.165, 1.54) is 116 Å². The lowest BCUT2D eigenvalue weighted by Gasteiger charge is -2.17. The summed E-state index contributed by atoms with van der Waals surface area (Å²) in [6, 6.07) is 0. The van der Waals surface area contributed by atoms with Crippen molar-refractivity contribution in [3.8, 4) is 0 Å². The number of unbranched alkanes of at least 4 members (excludes halogenated alkanes) is 24. The summed E-state index contributed by atoms with van der Waals surface area (Å²) in [6.45, 7) is 5.06. The molecule has 0 radical (unpaired) electrons. The second-order valence-electron chi connectivity index (χ2n) is 12.5. The van der Waals surface area contributed by atoms with E-state index in [1.807, 2.05) is 0 Å². The molecule has 0 aromatic rings. The Morgan fingerprint density at radius 2 is 0.750 bits per heavy atom. The first-order chi connectivity index (χ1) is 19.6. The van der Waals surface area contributed by atoms with E-state index < -0.39 is 12.2 Å². The molecule has 0 spiro atoms. The molecule has 0 amide bonds. The van der Waals surface area contributed by atoms with Crippen molar-refractivity contribution in [1.82, 2.24) is 0 Å². The Hall–Kier alpha value is -0.610. The average Bonchev–Trinajstić information content (AvgIpc) is 2.95. The summed E-state index contributed by atoms with van der Waals surface area (Å²) in [5.41, 5.74) is 0. The summed E-state index contributed by atoms with van der Waals surface area (Å²) in [5, 5.41) is 20.3. The van der Waals surface area contributed by atoms with E-state index >= 15 is 0 Å². The number of hydrogen-bond donors (Lipinski definition) is 2. The molecular formula is C36H72O4. The van der Waals surface area contributed by atoms with E-state index in [0.717, 1.165) is 64.2 Å². The summed E-state index contributed by atoms with van der Waals surface area (Å²) in [5.74, 6) is -0.0248. The molecule has 0 saturated carbocycles. The van der Waals surface area contributed by atoms with E-state index in [-0.39, 0.29) is 5.97 Å². The number of carbonyl (C=O) groups excluding carboxylic acids is 1. The fourth-order valence-corrected chi connectivity index (χ4v) is 5.58. The normalized spacial score (nSPS) is 13.0. The Morgan fingerprint density at radius 1 is 0.450 bits per heavy atom. The number of esters is 1. The van der Waals surface area contributed by atoms with Gasteiger partial charge in [0.1, 0.15) is 0 Å². The Kier molecular flexibility index (Phi) is 32.4. The van der Waals surface area contributed by atoms with E-state index in [0.29, 0.717) is 19.4 Å². The number of ether oxygens (including phenoxy) is 1. The molecule has 0 bridgehead atoms. The van der Waals surface area contributed by atoms with Gasteiger partial charge in [-0.1, -0.05) is 174 Å². The van der Waals surface area contributed by atoms with Crippen LogP contribution in [0.4, 0.5) is 0 Å². The number of rotatable bonds is 33. The van der Waals surface area contributed by atoms with Crippen LogP contribution in [0.15, 0.2) is 0 Å². The van der Waals surface area contributed by atoms with Crippen LogP contribution in [0.5, 0.6) is 0 Å². The van der Waals surface area contributed by atoms with Crippen molar-refractivity contribution in [3.63, 3.8) is 0 Å². The van der Waals surface area contributed by atoms with Crippen molar-refractivity contribution in [3.05, 3.63) is 0 Å². The summed E-state index contributed by atoms with van der Waals surface area (Å²) >= 11 is 0. The fraction of sp³-hybridized carbons (Fsp3) is 0.972. The zero-order chi connectivity index (χ0) is 29.4. The molecule has 0 aliphatic rings. The van der Waals surface area contributed by atoms with Crippen molar-refractivity contribution in [2.75, 3.05) is 6.61 Å². The lowest BCUT2D eigenvalue weighted by Crippen LogP contribution is -2.25. The minimum Gasteiger partial charge on any atom is -0.466 e. The number of carbonyl (C=O) groups is 1. The number of aliphatic hydroxyl groups excluding tert-OH is 2. The minimum atomic E-state index is -0.570. The van der Waals surface area contributed by atoms with Crippen LogP contribution in [-0.2, 0) is 9.53 Å². The largest absolute Gasteiger partial charge is 0.466 e. The van der Waals surface area contributed by atoms with E-state index in [9.17, 15) is 15.0 Å². The molecule has 240 valence electrons. The van der Waals surface area contributed by atoms with Gasteiger partial charge in [-0.05, 0) is 25.7 Å². The van der Waals surface area contributed by atoms with Crippen LogP contribution in [0.1, 0.15) is 206 Å². The monoisotopic (exact) mass is 569 g/mol. The molecule has 2 unspecified atom stereocenters. The average molecular weight is 569 g/mol. The summed E-state index contributed by atoms with van der Waals surface area (Å²) in [4.78, 5) is 11.9. The first-order valence-electron chi connectivity index (χ1n) is 18.1. The molecule has 4 heteroatoms. The molecule has 2 atom stereocenters. The third-order valence-electron chi connectivity index (χ3n) is 8.44. The van der Waals surface area contributed by atoms with Gasteiger partial charge in [-0.2, -0.15) is 0 Å². The van der Waals surface area contributed by atoms with Crippen LogP contribution in [0.25, 0.3) is 0 Å². The van der Waals surface area contributed by atoms with Gasteiger partial charge in [0.05, 0.1) is 18.8 Å². The van der Waals surface area contributed by atoms with Crippen LogP contribution in [0.3, 0.4) is 0 Å². The van der Waals surface area contributed by atoms with Gasteiger partial charge in [0, 0.05) is 6.42 Å². The molecule has 0 fully saturated rings. The molecule has 0 aromatic carbocycles. The molecule has 0 saturated heterocycles. The first-order valence-corrected chi connectivity index (χ1v) is 18.1. The zero-order valence-corrected chi connectivity index (χ0v) is 27.3. The van der Waals surface area contributed by atoms with Gasteiger partial charge in [-0.25, -0.2) is 0 Å². The smallest absolute Gasteiger partial charge is 0.305 e. The zero-order valence-electron chi connectivity index (χ0n) is 27.3. The van der Waals surface area contributed by atoms with Crippen LogP contribution >= 0.6 is 0 Å². The van der Waals surface area contributed by atoms with Crippen LogP contribution in [-0.4, -0.2) is 35.0 Å².